The summed E-state index contributed by atoms with van der Waals surface area (Å²) in [6.07, 6.45) is -3.80. The van der Waals surface area contributed by atoms with E-state index in [0.29, 0.717) is 38.4 Å². The minimum atomic E-state index is -4.48. The molecule has 1 saturated heterocycles. The summed E-state index contributed by atoms with van der Waals surface area (Å²) >= 11 is 0. The summed E-state index contributed by atoms with van der Waals surface area (Å²) in [7, 11) is 0. The number of nitrogens with one attached hydrogen (secondary N) is 1. The average Bonchev–Trinajstić information content (AvgIpc) is 2.94. The Morgan fingerprint density at radius 2 is 1.60 bits per heavy atom. The molecule has 6 nitrogen and oxygen atoms in total. The lowest BCUT2D eigenvalue weighted by atomic mass is 10.0. The first-order valence-electron chi connectivity index (χ1n) is 13.1. The molecule has 0 radical (unpaired) electrons. The summed E-state index contributed by atoms with van der Waals surface area (Å²) in [5.41, 5.74) is 4.45. The van der Waals surface area contributed by atoms with Gasteiger partial charge in [0.2, 0.25) is 0 Å². The maximum atomic E-state index is 13.1. The van der Waals surface area contributed by atoms with E-state index in [2.05, 4.69) is 28.4 Å². The number of nitrogens with zero attached hydrogens (tertiary/aromatic N) is 4. The lowest BCUT2D eigenvalue weighted by molar-refractivity contribution is -0.137. The highest BCUT2D eigenvalue weighted by Crippen LogP contribution is 2.31. The molecule has 0 unspecified atom stereocenters. The molecule has 1 aliphatic heterocycles. The Bertz CT molecular complexity index is 1500. The molecule has 2 heterocycles. The summed E-state index contributed by atoms with van der Waals surface area (Å²) < 4.78 is 39.2. The predicted molar refractivity (Wildman–Crippen MR) is 150 cm³/mol. The number of carbonyl (C=O) groups is 1. The zero-order valence-electron chi connectivity index (χ0n) is 22.4. The highest BCUT2D eigenvalue weighted by Gasteiger charge is 2.31. The standard InChI is InChI=1S/C31H30F3N5O/c1-21-8-6-11-24(18-21)28-35-22(2)27(19-23-9-4-3-5-10-23)29(37-28)38-14-16-39(17-15-38)30(40)36-26-13-7-12-25(20-26)31(32,33)34/h3-13,18,20H,14-17,19H2,1-2H3,(H,36,40). The number of anilines is 2. The Morgan fingerprint density at radius 3 is 2.30 bits per heavy atom. The monoisotopic (exact) mass is 545 g/mol. The quantitative estimate of drug-likeness (QED) is 0.302. The number of hydrogen-bond acceptors (Lipinski definition) is 4. The molecule has 0 bridgehead atoms. The first-order chi connectivity index (χ1) is 19.2. The van der Waals surface area contributed by atoms with E-state index in [4.69, 9.17) is 9.97 Å². The second-order valence-electron chi connectivity index (χ2n) is 9.95. The minimum Gasteiger partial charge on any atom is -0.353 e. The zero-order chi connectivity index (χ0) is 28.3. The molecular weight excluding hydrogens is 515 g/mol. The lowest BCUT2D eigenvalue weighted by Crippen LogP contribution is -2.50. The largest absolute Gasteiger partial charge is 0.416 e. The van der Waals surface area contributed by atoms with Gasteiger partial charge in [0.1, 0.15) is 5.82 Å². The SMILES string of the molecule is Cc1cccc(-c2nc(C)c(Cc3ccccc3)c(N3CCN(C(=O)Nc4cccc(C(F)(F)F)c4)CC3)n2)c1. The highest BCUT2D eigenvalue weighted by molar-refractivity contribution is 5.89. The van der Waals surface area contributed by atoms with Gasteiger partial charge in [-0.3, -0.25) is 0 Å². The molecule has 1 fully saturated rings. The van der Waals surface area contributed by atoms with Crippen molar-refractivity contribution in [2.75, 3.05) is 36.4 Å². The van der Waals surface area contributed by atoms with Crippen molar-refractivity contribution in [3.63, 3.8) is 0 Å². The number of alkyl halides is 3. The number of carbonyl (C=O) groups excluding carboxylic acids is 1. The summed E-state index contributed by atoms with van der Waals surface area (Å²) in [5, 5.41) is 2.61. The van der Waals surface area contributed by atoms with Crippen molar-refractivity contribution in [2.45, 2.75) is 26.4 Å². The van der Waals surface area contributed by atoms with Crippen molar-refractivity contribution in [3.8, 4) is 11.4 Å². The fraction of sp³-hybridized carbons (Fsp3) is 0.258. The van der Waals surface area contributed by atoms with Gasteiger partial charge in [-0.05, 0) is 43.7 Å². The maximum absolute atomic E-state index is 13.1. The highest BCUT2D eigenvalue weighted by atomic mass is 19.4. The fourth-order valence-electron chi connectivity index (χ4n) is 4.86. The van der Waals surface area contributed by atoms with E-state index < -0.39 is 17.8 Å². The van der Waals surface area contributed by atoms with E-state index in [1.54, 1.807) is 4.90 Å². The Balaban J connectivity index is 1.37. The third kappa shape index (κ3) is 6.25. The molecule has 1 N–H and O–H groups in total. The fourth-order valence-corrected chi connectivity index (χ4v) is 4.86. The molecule has 0 aliphatic carbocycles. The van der Waals surface area contributed by atoms with Crippen LogP contribution in [0.5, 0.6) is 0 Å². The summed E-state index contributed by atoms with van der Waals surface area (Å²) in [6, 6.07) is 22.5. The molecule has 40 heavy (non-hydrogen) atoms. The van der Waals surface area contributed by atoms with Crippen LogP contribution in [-0.2, 0) is 12.6 Å². The summed E-state index contributed by atoms with van der Waals surface area (Å²) in [4.78, 5) is 26.6. The van der Waals surface area contributed by atoms with Gasteiger partial charge in [0.25, 0.3) is 0 Å². The maximum Gasteiger partial charge on any atom is 0.416 e. The predicted octanol–water partition coefficient (Wildman–Crippen LogP) is 6.72. The van der Waals surface area contributed by atoms with Crippen LogP contribution in [0.2, 0.25) is 0 Å². The van der Waals surface area contributed by atoms with E-state index in [0.717, 1.165) is 45.9 Å². The molecule has 2 amide bonds. The van der Waals surface area contributed by atoms with Crippen LogP contribution in [0.25, 0.3) is 11.4 Å². The van der Waals surface area contributed by atoms with E-state index in [-0.39, 0.29) is 5.69 Å². The third-order valence-electron chi connectivity index (χ3n) is 7.00. The number of urea groups is 1. The van der Waals surface area contributed by atoms with Gasteiger partial charge in [-0.1, -0.05) is 60.2 Å². The lowest BCUT2D eigenvalue weighted by Gasteiger charge is -2.36. The van der Waals surface area contributed by atoms with Crippen molar-refractivity contribution in [1.82, 2.24) is 14.9 Å². The zero-order valence-corrected chi connectivity index (χ0v) is 22.4. The van der Waals surface area contributed by atoms with Gasteiger partial charge in [0.15, 0.2) is 5.82 Å². The molecule has 5 rings (SSSR count). The van der Waals surface area contributed by atoms with Crippen LogP contribution < -0.4 is 10.2 Å². The molecule has 1 aliphatic rings. The summed E-state index contributed by atoms with van der Waals surface area (Å²) in [5.74, 6) is 1.49. The van der Waals surface area contributed by atoms with Crippen LogP contribution in [0.15, 0.2) is 78.9 Å². The van der Waals surface area contributed by atoms with E-state index in [1.807, 2.05) is 50.2 Å². The number of hydrogen-bond donors (Lipinski definition) is 1. The number of piperazine rings is 1. The molecular formula is C31H30F3N5O. The number of aromatic nitrogens is 2. The van der Waals surface area contributed by atoms with Crippen LogP contribution in [0.3, 0.4) is 0 Å². The summed E-state index contributed by atoms with van der Waals surface area (Å²) in [6.45, 7) is 5.89. The second kappa shape index (κ2) is 11.4. The van der Waals surface area contributed by atoms with E-state index >= 15 is 0 Å². The number of halogens is 3. The van der Waals surface area contributed by atoms with Gasteiger partial charge in [-0.2, -0.15) is 13.2 Å². The van der Waals surface area contributed by atoms with Gasteiger partial charge >= 0.3 is 12.2 Å². The molecule has 4 aromatic rings. The topological polar surface area (TPSA) is 61.4 Å². The van der Waals surface area contributed by atoms with E-state index in [9.17, 15) is 18.0 Å². The van der Waals surface area contributed by atoms with Gasteiger partial charge in [-0.15, -0.1) is 0 Å². The molecule has 0 atom stereocenters. The van der Waals surface area contributed by atoms with Crippen molar-refractivity contribution >= 4 is 17.5 Å². The minimum absolute atomic E-state index is 0.113. The molecule has 9 heteroatoms. The van der Waals surface area contributed by atoms with Crippen LogP contribution in [0, 0.1) is 13.8 Å². The molecule has 0 spiro atoms. The Hall–Kier alpha value is -4.40. The Morgan fingerprint density at radius 1 is 0.875 bits per heavy atom. The Labute approximate surface area is 231 Å². The van der Waals surface area contributed by atoms with Crippen LogP contribution >= 0.6 is 0 Å². The number of aryl methyl sites for hydroxylation is 2. The smallest absolute Gasteiger partial charge is 0.353 e. The molecule has 3 aromatic carbocycles. The van der Waals surface area contributed by atoms with E-state index in [1.165, 1.54) is 12.1 Å². The van der Waals surface area contributed by atoms with Crippen molar-refractivity contribution in [1.29, 1.82) is 0 Å². The molecule has 206 valence electrons. The number of benzene rings is 3. The first-order valence-corrected chi connectivity index (χ1v) is 13.1. The number of amides is 2. The normalized spacial score (nSPS) is 13.8. The molecule has 0 saturated carbocycles. The van der Waals surface area contributed by atoms with Gasteiger partial charge in [0.05, 0.1) is 5.56 Å². The number of rotatable bonds is 5. The first kappa shape index (κ1) is 27.2. The van der Waals surface area contributed by atoms with Crippen molar-refractivity contribution in [2.24, 2.45) is 0 Å². The van der Waals surface area contributed by atoms with Crippen molar-refractivity contribution in [3.05, 3.63) is 107 Å². The van der Waals surface area contributed by atoms with Gasteiger partial charge in [0, 0.05) is 55.1 Å². The molecule has 1 aromatic heterocycles. The van der Waals surface area contributed by atoms with Gasteiger partial charge in [-0.25, -0.2) is 14.8 Å². The van der Waals surface area contributed by atoms with Gasteiger partial charge < -0.3 is 15.1 Å². The van der Waals surface area contributed by atoms with Crippen LogP contribution in [-0.4, -0.2) is 47.1 Å². The van der Waals surface area contributed by atoms with Crippen molar-refractivity contribution < 1.29 is 18.0 Å². The second-order valence-corrected chi connectivity index (χ2v) is 9.95. The van der Waals surface area contributed by atoms with Crippen LogP contribution in [0.4, 0.5) is 29.5 Å². The third-order valence-corrected chi connectivity index (χ3v) is 7.00. The van der Waals surface area contributed by atoms with Crippen LogP contribution in [0.1, 0.15) is 27.9 Å². The average molecular weight is 546 g/mol. The Kier molecular flexibility index (Phi) is 7.73.